The molecule has 2 aliphatic rings. The first-order valence-corrected chi connectivity index (χ1v) is 14.4. The molecule has 1 aliphatic carbocycles. The summed E-state index contributed by atoms with van der Waals surface area (Å²) in [7, 11) is 0. The lowest BCUT2D eigenvalue weighted by atomic mass is 9.98. The van der Waals surface area contributed by atoms with Crippen LogP contribution in [-0.2, 0) is 14.3 Å². The van der Waals surface area contributed by atoms with Crippen molar-refractivity contribution in [3.63, 3.8) is 0 Å². The van der Waals surface area contributed by atoms with E-state index in [4.69, 9.17) is 11.1 Å². The van der Waals surface area contributed by atoms with Crippen LogP contribution in [0.3, 0.4) is 0 Å². The van der Waals surface area contributed by atoms with Gasteiger partial charge in [0.1, 0.15) is 11.9 Å². The van der Waals surface area contributed by atoms with Crippen molar-refractivity contribution in [1.29, 1.82) is 5.41 Å². The Kier molecular flexibility index (Phi) is 8.37. The summed E-state index contributed by atoms with van der Waals surface area (Å²) < 4.78 is 30.6. The van der Waals surface area contributed by atoms with Gasteiger partial charge in [-0.2, -0.15) is 8.78 Å². The number of fused-ring (bicyclic) bond motifs is 3. The number of nitrogen functional groups attached to an aromatic ring is 1. The van der Waals surface area contributed by atoms with Crippen LogP contribution in [0.25, 0.3) is 11.1 Å². The second-order valence-electron chi connectivity index (χ2n) is 10.5. The highest BCUT2D eigenvalue weighted by Gasteiger charge is 2.41. The minimum Gasteiger partial charge on any atom is -0.384 e. The molecule has 0 saturated carbocycles. The number of nitrogens with two attached hydrogens (primary N) is 1. The number of ether oxygens (including phenoxy) is 1. The lowest BCUT2D eigenvalue weighted by Crippen LogP contribution is -2.49. The Balaban J connectivity index is 1.25. The number of amides is 3. The molecule has 9 nitrogen and oxygen atoms in total. The number of benzene rings is 2. The number of thiophene rings is 1. The van der Waals surface area contributed by atoms with E-state index < -0.39 is 49.1 Å². The standard InChI is InChI=1S/C30H31F2N5O4S/c1-15-20-5-3-4-6-22(20)23-9-17(7-8-21(15)23)28(39)35-12-26(38)37-13-19(41-30(31)32)11-24(37)29(40)36-16(2)25-10-18(14-42-25)27(33)34/h3-10,14-16,19,24,30H,11-13H2,1-2H3,(H3,33,34)(H,35,39)(H,36,40)/t15?,16-,19-,24+/m1/s1. The molecule has 0 radical (unpaired) electrons. The molecule has 2 heterocycles. The highest BCUT2D eigenvalue weighted by Crippen LogP contribution is 2.44. The molecule has 3 amide bonds. The summed E-state index contributed by atoms with van der Waals surface area (Å²) in [4.78, 5) is 41.4. The van der Waals surface area contributed by atoms with Crippen LogP contribution in [0.4, 0.5) is 8.78 Å². The van der Waals surface area contributed by atoms with Gasteiger partial charge < -0.3 is 26.0 Å². The Morgan fingerprint density at radius 1 is 1.12 bits per heavy atom. The first-order chi connectivity index (χ1) is 20.0. The number of rotatable bonds is 9. The molecular weight excluding hydrogens is 564 g/mol. The van der Waals surface area contributed by atoms with Crippen LogP contribution in [0, 0.1) is 5.41 Å². The molecule has 0 bridgehead atoms. The third-order valence-corrected chi connectivity index (χ3v) is 8.91. The summed E-state index contributed by atoms with van der Waals surface area (Å²) in [6, 6.07) is 13.6. The number of amidine groups is 1. The van der Waals surface area contributed by atoms with E-state index in [0.717, 1.165) is 21.6 Å². The maximum atomic E-state index is 13.2. The number of halogens is 2. The van der Waals surface area contributed by atoms with Gasteiger partial charge in [-0.15, -0.1) is 11.3 Å². The van der Waals surface area contributed by atoms with Crippen LogP contribution < -0.4 is 16.4 Å². The molecule has 42 heavy (non-hydrogen) atoms. The van der Waals surface area contributed by atoms with Crippen molar-refractivity contribution in [2.75, 3.05) is 13.1 Å². The normalized spacial score (nSPS) is 19.7. The lowest BCUT2D eigenvalue weighted by Gasteiger charge is -2.25. The van der Waals surface area contributed by atoms with Crippen molar-refractivity contribution in [3.05, 3.63) is 81.0 Å². The van der Waals surface area contributed by atoms with E-state index in [1.807, 2.05) is 24.3 Å². The van der Waals surface area contributed by atoms with Gasteiger partial charge in [-0.05, 0) is 47.4 Å². The van der Waals surface area contributed by atoms with Crippen molar-refractivity contribution < 1.29 is 27.9 Å². The third-order valence-electron chi connectivity index (χ3n) is 7.80. The molecule has 5 rings (SSSR count). The number of nitrogens with one attached hydrogen (secondary N) is 3. The SMILES string of the molecule is CC1c2ccccc2-c2cc(C(=O)NCC(=O)N3C[C@H](OC(F)F)C[C@H]3C(=O)N[C@H](C)c3cc(C(=N)N)cs3)ccc21. The second kappa shape index (κ2) is 12.0. The van der Waals surface area contributed by atoms with E-state index in [1.54, 1.807) is 30.5 Å². The third kappa shape index (κ3) is 5.90. The fourth-order valence-corrected chi connectivity index (χ4v) is 6.54. The molecule has 1 saturated heterocycles. The maximum absolute atomic E-state index is 13.2. The number of hydrogen-bond acceptors (Lipinski definition) is 6. The molecule has 1 aliphatic heterocycles. The molecule has 2 aromatic carbocycles. The quantitative estimate of drug-likeness (QED) is 0.219. The van der Waals surface area contributed by atoms with E-state index in [0.29, 0.717) is 11.1 Å². The van der Waals surface area contributed by atoms with Gasteiger partial charge >= 0.3 is 6.61 Å². The van der Waals surface area contributed by atoms with Crippen LogP contribution in [0.1, 0.15) is 64.2 Å². The van der Waals surface area contributed by atoms with E-state index in [-0.39, 0.29) is 24.7 Å². The molecule has 1 aromatic heterocycles. The van der Waals surface area contributed by atoms with Gasteiger partial charge in [0.15, 0.2) is 0 Å². The molecule has 5 N–H and O–H groups in total. The van der Waals surface area contributed by atoms with Crippen molar-refractivity contribution in [1.82, 2.24) is 15.5 Å². The summed E-state index contributed by atoms with van der Waals surface area (Å²) in [6.45, 7) is 0.151. The van der Waals surface area contributed by atoms with Crippen LogP contribution in [0.2, 0.25) is 0 Å². The largest absolute Gasteiger partial charge is 0.384 e. The topological polar surface area (TPSA) is 138 Å². The zero-order valence-electron chi connectivity index (χ0n) is 23.0. The first kappa shape index (κ1) is 29.3. The fourth-order valence-electron chi connectivity index (χ4n) is 5.62. The minimum absolute atomic E-state index is 0.100. The molecule has 0 spiro atoms. The Morgan fingerprint density at radius 3 is 2.57 bits per heavy atom. The molecular formula is C30H31F2N5O4S. The number of nitrogens with zero attached hydrogens (tertiary/aromatic N) is 1. The van der Waals surface area contributed by atoms with E-state index in [2.05, 4.69) is 28.4 Å². The monoisotopic (exact) mass is 595 g/mol. The average molecular weight is 596 g/mol. The van der Waals surface area contributed by atoms with E-state index >= 15 is 0 Å². The number of alkyl halides is 2. The highest BCUT2D eigenvalue weighted by molar-refractivity contribution is 7.10. The summed E-state index contributed by atoms with van der Waals surface area (Å²) in [6.07, 6.45) is -1.16. The number of carbonyl (C=O) groups is 3. The van der Waals surface area contributed by atoms with Gasteiger partial charge in [-0.1, -0.05) is 37.3 Å². The van der Waals surface area contributed by atoms with Gasteiger partial charge in [0.2, 0.25) is 11.8 Å². The lowest BCUT2D eigenvalue weighted by molar-refractivity contribution is -0.160. The van der Waals surface area contributed by atoms with E-state index in [1.165, 1.54) is 21.8 Å². The highest BCUT2D eigenvalue weighted by atomic mass is 32.1. The molecule has 3 aromatic rings. The van der Waals surface area contributed by atoms with Gasteiger partial charge in [0, 0.05) is 40.3 Å². The van der Waals surface area contributed by atoms with Crippen molar-refractivity contribution in [3.8, 4) is 11.1 Å². The summed E-state index contributed by atoms with van der Waals surface area (Å²) in [5.41, 5.74) is 10.8. The van der Waals surface area contributed by atoms with Gasteiger partial charge in [0.05, 0.1) is 18.7 Å². The van der Waals surface area contributed by atoms with Crippen molar-refractivity contribution >= 4 is 34.9 Å². The maximum Gasteiger partial charge on any atom is 0.345 e. The molecule has 1 unspecified atom stereocenters. The Morgan fingerprint density at radius 2 is 1.86 bits per heavy atom. The predicted octanol–water partition coefficient (Wildman–Crippen LogP) is 3.98. The van der Waals surface area contributed by atoms with Crippen molar-refractivity contribution in [2.24, 2.45) is 5.73 Å². The average Bonchev–Trinajstić information content (AvgIpc) is 3.69. The number of likely N-dealkylation sites (tertiary alicyclic amines) is 1. The van der Waals surface area contributed by atoms with Gasteiger partial charge in [-0.25, -0.2) is 0 Å². The molecule has 12 heteroatoms. The zero-order chi connectivity index (χ0) is 30.1. The first-order valence-electron chi connectivity index (χ1n) is 13.5. The second-order valence-corrected chi connectivity index (χ2v) is 11.4. The molecule has 1 fully saturated rings. The van der Waals surface area contributed by atoms with Crippen LogP contribution >= 0.6 is 11.3 Å². The Labute approximate surface area is 245 Å². The Hall–Kier alpha value is -4.16. The summed E-state index contributed by atoms with van der Waals surface area (Å²) in [5, 5.41) is 14.7. The fraction of sp³-hybridized carbons (Fsp3) is 0.333. The summed E-state index contributed by atoms with van der Waals surface area (Å²) in [5.74, 6) is -1.48. The smallest absolute Gasteiger partial charge is 0.345 e. The minimum atomic E-state index is -3.06. The predicted molar refractivity (Wildman–Crippen MR) is 155 cm³/mol. The number of hydrogen-bond donors (Lipinski definition) is 4. The molecule has 4 atom stereocenters. The zero-order valence-corrected chi connectivity index (χ0v) is 23.8. The van der Waals surface area contributed by atoms with Crippen LogP contribution in [0.15, 0.2) is 53.9 Å². The van der Waals surface area contributed by atoms with Crippen LogP contribution in [-0.4, -0.2) is 60.3 Å². The van der Waals surface area contributed by atoms with E-state index in [9.17, 15) is 23.2 Å². The molecule has 220 valence electrons. The van der Waals surface area contributed by atoms with Crippen molar-refractivity contribution in [2.45, 2.75) is 51.0 Å². The Bertz CT molecular complexity index is 1540. The summed E-state index contributed by atoms with van der Waals surface area (Å²) >= 11 is 1.31. The van der Waals surface area contributed by atoms with Crippen LogP contribution in [0.5, 0.6) is 0 Å². The van der Waals surface area contributed by atoms with Gasteiger partial charge in [-0.3, -0.25) is 19.8 Å². The van der Waals surface area contributed by atoms with Gasteiger partial charge in [0.25, 0.3) is 5.91 Å². The number of carbonyl (C=O) groups excluding carboxylic acids is 3.